The lowest BCUT2D eigenvalue weighted by atomic mass is 10.1. The van der Waals surface area contributed by atoms with E-state index in [9.17, 15) is 4.79 Å². The fraction of sp³-hybridized carbons (Fsp3) is 0.417. The van der Waals surface area contributed by atoms with Crippen LogP contribution in [0.2, 0.25) is 0 Å². The van der Waals surface area contributed by atoms with Gasteiger partial charge in [0.25, 0.3) is 0 Å². The predicted octanol–water partition coefficient (Wildman–Crippen LogP) is 1.13. The zero-order valence-electron chi connectivity index (χ0n) is 8.61. The molecule has 15 heavy (non-hydrogen) atoms. The molecule has 3 nitrogen and oxygen atoms in total. The Morgan fingerprint density at radius 2 is 2.13 bits per heavy atom. The van der Waals surface area contributed by atoms with E-state index in [0.29, 0.717) is 6.54 Å². The van der Waals surface area contributed by atoms with Crippen molar-refractivity contribution in [3.8, 4) is 0 Å². The van der Waals surface area contributed by atoms with Crippen LogP contribution in [-0.2, 0) is 16.0 Å². The molecule has 1 fully saturated rings. The number of carbonyl (C=O) groups is 1. The molecule has 0 radical (unpaired) electrons. The van der Waals surface area contributed by atoms with Crippen molar-refractivity contribution >= 4 is 5.91 Å². The largest absolute Gasteiger partial charge is 0.367 e. The molecular formula is C12H15NO2. The average molecular weight is 205 g/mol. The summed E-state index contributed by atoms with van der Waals surface area (Å²) in [5, 5.41) is 2.80. The summed E-state index contributed by atoms with van der Waals surface area (Å²) in [4.78, 5) is 10.8. The number of ether oxygens (including phenoxy) is 1. The highest BCUT2D eigenvalue weighted by atomic mass is 16.5. The monoisotopic (exact) mass is 205 g/mol. The van der Waals surface area contributed by atoms with E-state index in [1.165, 1.54) is 5.56 Å². The molecule has 1 aliphatic rings. The molecule has 80 valence electrons. The van der Waals surface area contributed by atoms with Crippen LogP contribution in [-0.4, -0.2) is 25.2 Å². The summed E-state index contributed by atoms with van der Waals surface area (Å²) in [7, 11) is 0. The molecule has 0 bridgehead atoms. The van der Waals surface area contributed by atoms with E-state index in [0.717, 1.165) is 12.8 Å². The molecule has 2 rings (SSSR count). The van der Waals surface area contributed by atoms with Gasteiger partial charge >= 0.3 is 0 Å². The molecule has 0 saturated carbocycles. The first-order chi connectivity index (χ1) is 7.34. The minimum atomic E-state index is -0.00837. The van der Waals surface area contributed by atoms with Crippen molar-refractivity contribution in [2.24, 2.45) is 0 Å². The Bertz CT molecular complexity index is 314. The molecule has 0 aliphatic carbocycles. The van der Waals surface area contributed by atoms with Gasteiger partial charge in [0, 0.05) is 6.54 Å². The molecule has 1 unspecified atom stereocenters. The number of rotatable bonds is 3. The maximum atomic E-state index is 10.8. The Morgan fingerprint density at radius 1 is 1.33 bits per heavy atom. The SMILES string of the molecule is O=C1COC(CCc2ccccc2)CN1. The van der Waals surface area contributed by atoms with Gasteiger partial charge in [-0.25, -0.2) is 0 Å². The van der Waals surface area contributed by atoms with Gasteiger partial charge in [0.15, 0.2) is 0 Å². The molecule has 1 amide bonds. The van der Waals surface area contributed by atoms with Crippen LogP contribution >= 0.6 is 0 Å². The lowest BCUT2D eigenvalue weighted by molar-refractivity contribution is -0.133. The molecule has 1 aromatic rings. The summed E-state index contributed by atoms with van der Waals surface area (Å²) < 4.78 is 5.40. The summed E-state index contributed by atoms with van der Waals surface area (Å²) in [5.74, 6) is -0.00837. The van der Waals surface area contributed by atoms with E-state index in [2.05, 4.69) is 17.4 Å². The van der Waals surface area contributed by atoms with E-state index in [1.54, 1.807) is 0 Å². The first kappa shape index (κ1) is 10.2. The van der Waals surface area contributed by atoms with Gasteiger partial charge < -0.3 is 10.1 Å². The summed E-state index contributed by atoms with van der Waals surface area (Å²) in [5.41, 5.74) is 1.32. The van der Waals surface area contributed by atoms with Gasteiger partial charge in [-0.05, 0) is 18.4 Å². The maximum absolute atomic E-state index is 10.8. The van der Waals surface area contributed by atoms with Crippen LogP contribution in [0.5, 0.6) is 0 Å². The Morgan fingerprint density at radius 3 is 2.80 bits per heavy atom. The fourth-order valence-electron chi connectivity index (χ4n) is 1.69. The second-order valence-electron chi connectivity index (χ2n) is 3.76. The second-order valence-corrected chi connectivity index (χ2v) is 3.76. The molecule has 1 N–H and O–H groups in total. The quantitative estimate of drug-likeness (QED) is 0.803. The van der Waals surface area contributed by atoms with Crippen LogP contribution in [0.4, 0.5) is 0 Å². The van der Waals surface area contributed by atoms with Crippen molar-refractivity contribution in [3.63, 3.8) is 0 Å². The van der Waals surface area contributed by atoms with Gasteiger partial charge in [0.05, 0.1) is 6.10 Å². The minimum absolute atomic E-state index is 0.00837. The highest BCUT2D eigenvalue weighted by molar-refractivity contribution is 5.77. The summed E-state index contributed by atoms with van der Waals surface area (Å²) >= 11 is 0. The number of nitrogens with one attached hydrogen (secondary N) is 1. The van der Waals surface area contributed by atoms with E-state index < -0.39 is 0 Å². The van der Waals surface area contributed by atoms with Crippen molar-refractivity contribution in [1.82, 2.24) is 5.32 Å². The number of benzene rings is 1. The molecule has 0 spiro atoms. The second kappa shape index (κ2) is 4.94. The van der Waals surface area contributed by atoms with Crippen molar-refractivity contribution in [2.45, 2.75) is 18.9 Å². The summed E-state index contributed by atoms with van der Waals surface area (Å²) in [6.07, 6.45) is 2.13. The first-order valence-corrected chi connectivity index (χ1v) is 5.27. The highest BCUT2D eigenvalue weighted by Gasteiger charge is 2.17. The number of hydrogen-bond acceptors (Lipinski definition) is 2. The number of carbonyl (C=O) groups excluding carboxylic acids is 1. The molecule has 3 heteroatoms. The number of morpholine rings is 1. The fourth-order valence-corrected chi connectivity index (χ4v) is 1.69. The smallest absolute Gasteiger partial charge is 0.246 e. The zero-order chi connectivity index (χ0) is 10.5. The first-order valence-electron chi connectivity index (χ1n) is 5.27. The predicted molar refractivity (Wildman–Crippen MR) is 57.5 cm³/mol. The van der Waals surface area contributed by atoms with Crippen LogP contribution in [0, 0.1) is 0 Å². The molecule has 1 atom stereocenters. The summed E-state index contributed by atoms with van der Waals surface area (Å²) in [6.45, 7) is 0.852. The van der Waals surface area contributed by atoms with Gasteiger partial charge in [-0.15, -0.1) is 0 Å². The van der Waals surface area contributed by atoms with E-state index in [4.69, 9.17) is 4.74 Å². The van der Waals surface area contributed by atoms with E-state index >= 15 is 0 Å². The normalized spacial score (nSPS) is 21.1. The molecule has 0 aromatic heterocycles. The van der Waals surface area contributed by atoms with Gasteiger partial charge in [-0.1, -0.05) is 30.3 Å². The lowest BCUT2D eigenvalue weighted by Gasteiger charge is -2.22. The highest BCUT2D eigenvalue weighted by Crippen LogP contribution is 2.08. The average Bonchev–Trinajstić information content (AvgIpc) is 2.30. The molecule has 1 aromatic carbocycles. The van der Waals surface area contributed by atoms with Crippen molar-refractivity contribution in [1.29, 1.82) is 0 Å². The third kappa shape index (κ3) is 3.06. The minimum Gasteiger partial charge on any atom is -0.367 e. The maximum Gasteiger partial charge on any atom is 0.246 e. The number of hydrogen-bond donors (Lipinski definition) is 1. The molecule has 1 saturated heterocycles. The Kier molecular flexibility index (Phi) is 3.35. The van der Waals surface area contributed by atoms with E-state index in [1.807, 2.05) is 18.2 Å². The van der Waals surface area contributed by atoms with Crippen LogP contribution in [0.1, 0.15) is 12.0 Å². The van der Waals surface area contributed by atoms with Crippen molar-refractivity contribution < 1.29 is 9.53 Å². The zero-order valence-corrected chi connectivity index (χ0v) is 8.61. The van der Waals surface area contributed by atoms with Gasteiger partial charge in [0.2, 0.25) is 5.91 Å². The number of aryl methyl sites for hydroxylation is 1. The van der Waals surface area contributed by atoms with Gasteiger partial charge in [-0.3, -0.25) is 4.79 Å². The Hall–Kier alpha value is -1.35. The van der Waals surface area contributed by atoms with Crippen LogP contribution < -0.4 is 5.32 Å². The third-order valence-corrected chi connectivity index (χ3v) is 2.57. The van der Waals surface area contributed by atoms with Gasteiger partial charge in [0.1, 0.15) is 6.61 Å². The Balaban J connectivity index is 1.77. The molecular weight excluding hydrogens is 190 g/mol. The standard InChI is InChI=1S/C12H15NO2/c14-12-9-15-11(8-13-12)7-6-10-4-2-1-3-5-10/h1-5,11H,6-9H2,(H,13,14). The molecule has 1 heterocycles. The van der Waals surface area contributed by atoms with Crippen LogP contribution in [0.15, 0.2) is 30.3 Å². The Labute approximate surface area is 89.4 Å². The van der Waals surface area contributed by atoms with Crippen molar-refractivity contribution in [3.05, 3.63) is 35.9 Å². The lowest BCUT2D eigenvalue weighted by Crippen LogP contribution is -2.43. The topological polar surface area (TPSA) is 38.3 Å². The number of amides is 1. The van der Waals surface area contributed by atoms with E-state index in [-0.39, 0.29) is 18.6 Å². The van der Waals surface area contributed by atoms with Gasteiger partial charge in [-0.2, -0.15) is 0 Å². The van der Waals surface area contributed by atoms with Crippen LogP contribution in [0.25, 0.3) is 0 Å². The van der Waals surface area contributed by atoms with Crippen LogP contribution in [0.3, 0.4) is 0 Å². The third-order valence-electron chi connectivity index (χ3n) is 2.57. The van der Waals surface area contributed by atoms with Crippen molar-refractivity contribution in [2.75, 3.05) is 13.2 Å². The summed E-state index contributed by atoms with van der Waals surface area (Å²) in [6, 6.07) is 10.3. The molecule has 1 aliphatic heterocycles.